The van der Waals surface area contributed by atoms with Crippen LogP contribution in [-0.4, -0.2) is 43.2 Å². The van der Waals surface area contributed by atoms with E-state index in [1.54, 1.807) is 13.2 Å². The maximum absolute atomic E-state index is 11.7. The van der Waals surface area contributed by atoms with Crippen LogP contribution in [0.3, 0.4) is 0 Å². The Bertz CT molecular complexity index is 542. The van der Waals surface area contributed by atoms with E-state index in [4.69, 9.17) is 14.7 Å². The first-order valence-electron chi connectivity index (χ1n) is 6.89. The first kappa shape index (κ1) is 15.3. The number of nitrogens with zero attached hydrogens (tertiary/aromatic N) is 1. The van der Waals surface area contributed by atoms with E-state index in [1.807, 2.05) is 19.1 Å². The molecule has 0 aliphatic heterocycles. The quantitative estimate of drug-likeness (QED) is 0.612. The van der Waals surface area contributed by atoms with Crippen molar-refractivity contribution < 1.29 is 19.5 Å². The number of benzene rings is 1. The number of hydrogen-bond acceptors (Lipinski definition) is 5. The zero-order valence-electron chi connectivity index (χ0n) is 12.3. The van der Waals surface area contributed by atoms with Gasteiger partial charge in [-0.1, -0.05) is 5.16 Å². The van der Waals surface area contributed by atoms with Crippen molar-refractivity contribution in [3.8, 4) is 5.75 Å². The summed E-state index contributed by atoms with van der Waals surface area (Å²) in [6.07, 6.45) is 1.55. The number of amides is 1. The van der Waals surface area contributed by atoms with Crippen LogP contribution in [0.2, 0.25) is 0 Å². The first-order valence-corrected chi connectivity index (χ1v) is 6.89. The van der Waals surface area contributed by atoms with Crippen molar-refractivity contribution in [2.75, 3.05) is 20.3 Å². The zero-order valence-corrected chi connectivity index (χ0v) is 12.3. The summed E-state index contributed by atoms with van der Waals surface area (Å²) in [5.74, 6) is 0.458. The number of methoxy groups -OCH3 is 1. The van der Waals surface area contributed by atoms with E-state index in [1.165, 1.54) is 0 Å². The number of carbonyl (C=O) groups is 1. The van der Waals surface area contributed by atoms with E-state index >= 15 is 0 Å². The summed E-state index contributed by atoms with van der Waals surface area (Å²) in [4.78, 5) is 11.7. The van der Waals surface area contributed by atoms with Crippen molar-refractivity contribution >= 4 is 11.6 Å². The van der Waals surface area contributed by atoms with Gasteiger partial charge in [0.25, 0.3) is 5.91 Å². The Morgan fingerprint density at radius 1 is 1.48 bits per heavy atom. The van der Waals surface area contributed by atoms with E-state index in [0.29, 0.717) is 18.1 Å². The van der Waals surface area contributed by atoms with Gasteiger partial charge in [-0.05, 0) is 43.5 Å². The van der Waals surface area contributed by atoms with Crippen molar-refractivity contribution in [1.29, 1.82) is 0 Å². The number of ether oxygens (including phenoxy) is 2. The number of aryl methyl sites for hydroxylation is 1. The largest absolute Gasteiger partial charge is 0.484 e. The van der Waals surface area contributed by atoms with Gasteiger partial charge in [-0.15, -0.1) is 0 Å². The van der Waals surface area contributed by atoms with Gasteiger partial charge in [0.1, 0.15) is 5.75 Å². The molecule has 21 heavy (non-hydrogen) atoms. The Kier molecular flexibility index (Phi) is 5.16. The Morgan fingerprint density at radius 2 is 2.29 bits per heavy atom. The molecule has 2 rings (SSSR count). The van der Waals surface area contributed by atoms with Crippen molar-refractivity contribution in [3.05, 3.63) is 29.3 Å². The normalized spacial score (nSPS) is 16.6. The summed E-state index contributed by atoms with van der Waals surface area (Å²) in [6.45, 7) is 2.30. The highest BCUT2D eigenvalue weighted by atomic mass is 16.5. The lowest BCUT2D eigenvalue weighted by Crippen LogP contribution is -2.38. The minimum atomic E-state index is -0.183. The molecule has 0 fully saturated rings. The summed E-state index contributed by atoms with van der Waals surface area (Å²) in [7, 11) is 1.59. The molecule has 0 bridgehead atoms. The molecule has 0 radical (unpaired) electrons. The van der Waals surface area contributed by atoms with Crippen LogP contribution in [0, 0.1) is 0 Å². The second kappa shape index (κ2) is 7.08. The monoisotopic (exact) mass is 292 g/mol. The summed E-state index contributed by atoms with van der Waals surface area (Å²) in [5, 5.41) is 14.9. The van der Waals surface area contributed by atoms with Gasteiger partial charge < -0.3 is 20.0 Å². The molecule has 1 amide bonds. The van der Waals surface area contributed by atoms with Crippen molar-refractivity contribution in [2.45, 2.75) is 25.8 Å². The van der Waals surface area contributed by atoms with Crippen LogP contribution in [0.15, 0.2) is 23.4 Å². The lowest BCUT2D eigenvalue weighted by atomic mass is 10.1. The third-order valence-corrected chi connectivity index (χ3v) is 3.33. The molecule has 1 aliphatic rings. The fourth-order valence-electron chi connectivity index (χ4n) is 2.40. The highest BCUT2D eigenvalue weighted by Gasteiger charge is 2.18. The van der Waals surface area contributed by atoms with Crippen LogP contribution >= 0.6 is 0 Å². The Labute approximate surface area is 123 Å². The molecule has 0 heterocycles. The van der Waals surface area contributed by atoms with Crippen LogP contribution in [0.5, 0.6) is 5.75 Å². The second-order valence-electron chi connectivity index (χ2n) is 5.08. The maximum atomic E-state index is 11.7. The minimum Gasteiger partial charge on any atom is -0.484 e. The van der Waals surface area contributed by atoms with Gasteiger partial charge in [0.05, 0.1) is 12.3 Å². The molecule has 114 valence electrons. The third-order valence-electron chi connectivity index (χ3n) is 3.33. The topological polar surface area (TPSA) is 80.2 Å². The number of fused-ring (bicyclic) bond motifs is 1. The lowest BCUT2D eigenvalue weighted by molar-refractivity contribution is -0.124. The average molecular weight is 292 g/mol. The van der Waals surface area contributed by atoms with Gasteiger partial charge in [0.15, 0.2) is 6.61 Å². The molecule has 6 heteroatoms. The lowest BCUT2D eigenvalue weighted by Gasteiger charge is -2.13. The molecule has 1 aromatic rings. The van der Waals surface area contributed by atoms with Crippen molar-refractivity contribution in [1.82, 2.24) is 5.32 Å². The van der Waals surface area contributed by atoms with Crippen LogP contribution < -0.4 is 10.1 Å². The van der Waals surface area contributed by atoms with Gasteiger partial charge >= 0.3 is 0 Å². The van der Waals surface area contributed by atoms with E-state index < -0.39 is 0 Å². The summed E-state index contributed by atoms with van der Waals surface area (Å²) < 4.78 is 10.4. The molecule has 1 atom stereocenters. The van der Waals surface area contributed by atoms with Crippen molar-refractivity contribution in [3.63, 3.8) is 0 Å². The summed E-state index contributed by atoms with van der Waals surface area (Å²) >= 11 is 0. The van der Waals surface area contributed by atoms with Gasteiger partial charge in [-0.3, -0.25) is 4.79 Å². The Morgan fingerprint density at radius 3 is 3.00 bits per heavy atom. The molecule has 1 unspecified atom stereocenters. The molecule has 1 aromatic carbocycles. The number of nitrogens with one attached hydrogen (secondary N) is 1. The molecular formula is C15H20N2O4. The minimum absolute atomic E-state index is 0.0339. The molecule has 1 aliphatic carbocycles. The number of rotatable bonds is 6. The third kappa shape index (κ3) is 3.95. The van der Waals surface area contributed by atoms with E-state index in [2.05, 4.69) is 10.5 Å². The van der Waals surface area contributed by atoms with Gasteiger partial charge in [-0.2, -0.15) is 0 Å². The smallest absolute Gasteiger partial charge is 0.258 e. The molecule has 0 spiro atoms. The molecule has 0 aromatic heterocycles. The second-order valence-corrected chi connectivity index (χ2v) is 5.08. The SMILES string of the molecule is COCC(C)NC(=O)COc1ccc2c(c1)CC/C2=N\O. The maximum Gasteiger partial charge on any atom is 0.258 e. The van der Waals surface area contributed by atoms with Gasteiger partial charge in [0, 0.05) is 18.7 Å². The highest BCUT2D eigenvalue weighted by molar-refractivity contribution is 6.04. The predicted octanol–water partition coefficient (Wildman–Crippen LogP) is 1.34. The Hall–Kier alpha value is -2.08. The van der Waals surface area contributed by atoms with E-state index in [0.717, 1.165) is 24.0 Å². The molecule has 2 N–H and O–H groups in total. The summed E-state index contributed by atoms with van der Waals surface area (Å²) in [6, 6.07) is 5.48. The number of hydrogen-bond donors (Lipinski definition) is 2. The summed E-state index contributed by atoms with van der Waals surface area (Å²) in [5.41, 5.74) is 2.72. The molecular weight excluding hydrogens is 272 g/mol. The predicted molar refractivity (Wildman–Crippen MR) is 78.1 cm³/mol. The highest BCUT2D eigenvalue weighted by Crippen LogP contribution is 2.26. The van der Waals surface area contributed by atoms with Crippen LogP contribution in [0.25, 0.3) is 0 Å². The van der Waals surface area contributed by atoms with Gasteiger partial charge in [0.2, 0.25) is 0 Å². The fraction of sp³-hybridized carbons (Fsp3) is 0.467. The van der Waals surface area contributed by atoms with Crippen molar-refractivity contribution in [2.24, 2.45) is 5.16 Å². The van der Waals surface area contributed by atoms with Crippen LogP contribution in [-0.2, 0) is 16.0 Å². The molecule has 0 saturated heterocycles. The Balaban J connectivity index is 1.89. The standard InChI is InChI=1S/C15H20N2O4/c1-10(8-20-2)16-15(18)9-21-12-4-5-13-11(7-12)3-6-14(13)17-19/h4-5,7,10,19H,3,6,8-9H2,1-2H3,(H,16,18)/b17-14+. The zero-order chi connectivity index (χ0) is 15.2. The van der Waals surface area contributed by atoms with E-state index in [9.17, 15) is 4.79 Å². The molecule has 6 nitrogen and oxygen atoms in total. The van der Waals surface area contributed by atoms with Gasteiger partial charge in [-0.25, -0.2) is 0 Å². The van der Waals surface area contributed by atoms with Crippen LogP contribution in [0.1, 0.15) is 24.5 Å². The molecule has 0 saturated carbocycles. The number of carbonyl (C=O) groups excluding carboxylic acids is 1. The number of oxime groups is 1. The fourth-order valence-corrected chi connectivity index (χ4v) is 2.40. The first-order chi connectivity index (χ1) is 10.1. The van der Waals surface area contributed by atoms with E-state index in [-0.39, 0.29) is 18.6 Å². The van der Waals surface area contributed by atoms with Crippen LogP contribution in [0.4, 0.5) is 0 Å². The average Bonchev–Trinajstić information content (AvgIpc) is 2.87.